The largest absolute Gasteiger partial charge is 0.461 e. The van der Waals surface area contributed by atoms with Gasteiger partial charge >= 0.3 is 0 Å². The molecule has 21 heavy (non-hydrogen) atoms. The van der Waals surface area contributed by atoms with Gasteiger partial charge in [0.05, 0.1) is 6.26 Å². The summed E-state index contributed by atoms with van der Waals surface area (Å²) in [4.78, 5) is 34.7. The average Bonchev–Trinajstić information content (AvgIpc) is 2.99. The smallest absolute Gasteiger partial charge is 0.224 e. The second-order valence-corrected chi connectivity index (χ2v) is 4.59. The zero-order valence-electron chi connectivity index (χ0n) is 11.6. The number of Topliss-reactive ketones (excluding diaryl/α,β-unsaturated/α-hetero) is 2. The minimum Gasteiger partial charge on any atom is -0.461 e. The molecule has 1 N–H and O–H groups in total. The Morgan fingerprint density at radius 3 is 2.57 bits per heavy atom. The lowest BCUT2D eigenvalue weighted by molar-refractivity contribution is -0.116. The summed E-state index contributed by atoms with van der Waals surface area (Å²) in [5.41, 5.74) is 1.07. The highest BCUT2D eigenvalue weighted by Gasteiger charge is 2.12. The predicted octanol–water partition coefficient (Wildman–Crippen LogP) is 3.08. The van der Waals surface area contributed by atoms with Gasteiger partial charge < -0.3 is 9.73 Å². The van der Waals surface area contributed by atoms with Crippen molar-refractivity contribution in [3.63, 3.8) is 0 Å². The summed E-state index contributed by atoms with van der Waals surface area (Å²) in [5.74, 6) is -0.316. The van der Waals surface area contributed by atoms with Crippen LogP contribution in [0, 0.1) is 0 Å². The number of anilines is 1. The summed E-state index contributed by atoms with van der Waals surface area (Å²) in [6.45, 7) is 1.46. The number of carbonyl (C=O) groups is 3. The minimum atomic E-state index is -0.282. The van der Waals surface area contributed by atoms with Crippen LogP contribution in [0.1, 0.15) is 40.7 Å². The van der Waals surface area contributed by atoms with Crippen LogP contribution in [0.5, 0.6) is 0 Å². The second-order valence-electron chi connectivity index (χ2n) is 4.59. The maximum absolute atomic E-state index is 11.8. The quantitative estimate of drug-likeness (QED) is 0.827. The lowest BCUT2D eigenvalue weighted by Crippen LogP contribution is -2.13. The van der Waals surface area contributed by atoms with Gasteiger partial charge in [0, 0.05) is 24.1 Å². The van der Waals surface area contributed by atoms with Crippen LogP contribution in [0.15, 0.2) is 47.1 Å². The summed E-state index contributed by atoms with van der Waals surface area (Å²) in [6.07, 6.45) is 1.55. The predicted molar refractivity (Wildman–Crippen MR) is 77.3 cm³/mol. The van der Waals surface area contributed by atoms with Gasteiger partial charge in [-0.2, -0.15) is 0 Å². The van der Waals surface area contributed by atoms with Gasteiger partial charge in [0.15, 0.2) is 17.3 Å². The van der Waals surface area contributed by atoms with Gasteiger partial charge in [0.2, 0.25) is 5.91 Å². The molecular formula is C16H15NO4. The van der Waals surface area contributed by atoms with Crippen molar-refractivity contribution < 1.29 is 18.8 Å². The van der Waals surface area contributed by atoms with Crippen molar-refractivity contribution in [2.45, 2.75) is 19.8 Å². The Balaban J connectivity index is 1.89. The standard InChI is InChI=1S/C16H15NO4/c1-11(18)12-4-2-5-13(10-12)17-16(20)8-7-14(19)15-6-3-9-21-15/h2-6,9-10H,7-8H2,1H3,(H,17,20). The van der Waals surface area contributed by atoms with E-state index in [0.29, 0.717) is 11.3 Å². The zero-order valence-corrected chi connectivity index (χ0v) is 11.6. The Morgan fingerprint density at radius 1 is 1.10 bits per heavy atom. The molecule has 2 rings (SSSR count). The van der Waals surface area contributed by atoms with Crippen LogP contribution in [0.3, 0.4) is 0 Å². The summed E-state index contributed by atoms with van der Waals surface area (Å²) in [6, 6.07) is 9.86. The van der Waals surface area contributed by atoms with E-state index < -0.39 is 0 Å². The van der Waals surface area contributed by atoms with Gasteiger partial charge in [-0.1, -0.05) is 12.1 Å². The molecule has 5 heteroatoms. The topological polar surface area (TPSA) is 76.4 Å². The first-order chi connectivity index (χ1) is 10.1. The van der Waals surface area contributed by atoms with Crippen molar-refractivity contribution in [3.8, 4) is 0 Å². The first-order valence-electron chi connectivity index (χ1n) is 6.54. The third-order valence-electron chi connectivity index (χ3n) is 2.93. The van der Waals surface area contributed by atoms with Crippen molar-refractivity contribution in [2.24, 2.45) is 0 Å². The number of furan rings is 1. The Bertz CT molecular complexity index is 659. The molecule has 0 saturated carbocycles. The summed E-state index contributed by atoms with van der Waals surface area (Å²) >= 11 is 0. The third kappa shape index (κ3) is 4.14. The Hall–Kier alpha value is -2.69. The van der Waals surface area contributed by atoms with Crippen LogP contribution in [0.2, 0.25) is 0 Å². The molecule has 0 aliphatic heterocycles. The molecule has 0 unspecified atom stereocenters. The lowest BCUT2D eigenvalue weighted by Gasteiger charge is -2.05. The van der Waals surface area contributed by atoms with E-state index in [9.17, 15) is 14.4 Å². The van der Waals surface area contributed by atoms with Crippen molar-refractivity contribution in [1.29, 1.82) is 0 Å². The van der Waals surface area contributed by atoms with E-state index in [-0.39, 0.29) is 36.1 Å². The normalized spacial score (nSPS) is 10.1. The Kier molecular flexibility index (Phi) is 4.66. The van der Waals surface area contributed by atoms with Gasteiger partial charge in [0.25, 0.3) is 0 Å². The fraction of sp³-hybridized carbons (Fsp3) is 0.188. The zero-order chi connectivity index (χ0) is 15.2. The maximum Gasteiger partial charge on any atom is 0.224 e. The molecule has 2 aromatic rings. The highest BCUT2D eigenvalue weighted by atomic mass is 16.3. The number of hydrogen-bond donors (Lipinski definition) is 1. The van der Waals surface area contributed by atoms with Crippen LogP contribution < -0.4 is 5.32 Å². The minimum absolute atomic E-state index is 0.0594. The lowest BCUT2D eigenvalue weighted by atomic mass is 10.1. The SMILES string of the molecule is CC(=O)c1cccc(NC(=O)CCC(=O)c2ccco2)c1. The van der Waals surface area contributed by atoms with Gasteiger partial charge in [-0.15, -0.1) is 0 Å². The molecule has 0 radical (unpaired) electrons. The number of ketones is 2. The molecule has 0 saturated heterocycles. The summed E-state index contributed by atoms with van der Waals surface area (Å²) < 4.78 is 4.97. The molecule has 0 aliphatic carbocycles. The molecule has 0 aliphatic rings. The Morgan fingerprint density at radius 2 is 1.90 bits per heavy atom. The highest BCUT2D eigenvalue weighted by molar-refractivity contribution is 5.99. The van der Waals surface area contributed by atoms with Gasteiger partial charge in [-0.25, -0.2) is 0 Å². The number of nitrogens with one attached hydrogen (secondary N) is 1. The molecule has 0 atom stereocenters. The highest BCUT2D eigenvalue weighted by Crippen LogP contribution is 2.12. The third-order valence-corrected chi connectivity index (χ3v) is 2.93. The van der Waals surface area contributed by atoms with Crippen LogP contribution in [0.25, 0.3) is 0 Å². The summed E-state index contributed by atoms with van der Waals surface area (Å²) in [5, 5.41) is 2.66. The number of amides is 1. The molecule has 0 bridgehead atoms. The molecule has 5 nitrogen and oxygen atoms in total. The van der Waals surface area contributed by atoms with Crippen molar-refractivity contribution >= 4 is 23.2 Å². The molecule has 1 amide bonds. The average molecular weight is 285 g/mol. The van der Waals surface area contributed by atoms with Crippen LogP contribution in [-0.2, 0) is 4.79 Å². The maximum atomic E-state index is 11.8. The first kappa shape index (κ1) is 14.7. The summed E-state index contributed by atoms with van der Waals surface area (Å²) in [7, 11) is 0. The van der Waals surface area contributed by atoms with Gasteiger partial charge in [-0.05, 0) is 31.2 Å². The van der Waals surface area contributed by atoms with Crippen LogP contribution in [-0.4, -0.2) is 17.5 Å². The van der Waals surface area contributed by atoms with E-state index in [1.54, 1.807) is 36.4 Å². The van der Waals surface area contributed by atoms with E-state index in [2.05, 4.69) is 5.32 Å². The Labute approximate surface area is 122 Å². The fourth-order valence-corrected chi connectivity index (χ4v) is 1.83. The molecular weight excluding hydrogens is 270 g/mol. The van der Waals surface area contributed by atoms with Crippen LogP contribution >= 0.6 is 0 Å². The number of benzene rings is 1. The fourth-order valence-electron chi connectivity index (χ4n) is 1.83. The molecule has 1 heterocycles. The van der Waals surface area contributed by atoms with E-state index in [4.69, 9.17) is 4.42 Å². The van der Waals surface area contributed by atoms with Crippen molar-refractivity contribution in [2.75, 3.05) is 5.32 Å². The van der Waals surface area contributed by atoms with E-state index in [0.717, 1.165) is 0 Å². The monoisotopic (exact) mass is 285 g/mol. The van der Waals surface area contributed by atoms with Gasteiger partial charge in [0.1, 0.15) is 0 Å². The van der Waals surface area contributed by atoms with Crippen molar-refractivity contribution in [3.05, 3.63) is 54.0 Å². The molecule has 0 fully saturated rings. The first-order valence-corrected chi connectivity index (χ1v) is 6.54. The van der Waals surface area contributed by atoms with Gasteiger partial charge in [-0.3, -0.25) is 14.4 Å². The molecule has 0 spiro atoms. The van der Waals surface area contributed by atoms with Crippen molar-refractivity contribution in [1.82, 2.24) is 0 Å². The molecule has 108 valence electrons. The molecule has 1 aromatic carbocycles. The van der Waals surface area contributed by atoms with E-state index in [1.165, 1.54) is 13.2 Å². The van der Waals surface area contributed by atoms with E-state index in [1.807, 2.05) is 0 Å². The van der Waals surface area contributed by atoms with E-state index >= 15 is 0 Å². The number of rotatable bonds is 6. The number of carbonyl (C=O) groups excluding carboxylic acids is 3. The molecule has 1 aromatic heterocycles. The second kappa shape index (κ2) is 6.65. The van der Waals surface area contributed by atoms with Crippen LogP contribution in [0.4, 0.5) is 5.69 Å². The number of hydrogen-bond acceptors (Lipinski definition) is 4.